The Labute approximate surface area is 115 Å². The lowest BCUT2D eigenvalue weighted by Crippen LogP contribution is -2.31. The van der Waals surface area contributed by atoms with Gasteiger partial charge in [-0.3, -0.25) is 0 Å². The maximum atomic E-state index is 12.7. The van der Waals surface area contributed by atoms with Gasteiger partial charge in [0, 0.05) is 18.8 Å². The van der Waals surface area contributed by atoms with Crippen molar-refractivity contribution >= 4 is 15.7 Å². The minimum Gasteiger partial charge on any atom is -0.399 e. The molecule has 4 nitrogen and oxygen atoms in total. The number of anilines is 1. The molecule has 19 heavy (non-hydrogen) atoms. The van der Waals surface area contributed by atoms with Crippen LogP contribution in [-0.2, 0) is 16.4 Å². The summed E-state index contributed by atoms with van der Waals surface area (Å²) in [5.41, 5.74) is 7.13. The number of nitrogens with zero attached hydrogens (tertiary/aromatic N) is 1. The minimum absolute atomic E-state index is 0.0553. The van der Waals surface area contributed by atoms with E-state index >= 15 is 0 Å². The molecule has 0 amide bonds. The van der Waals surface area contributed by atoms with Crippen LogP contribution in [-0.4, -0.2) is 25.8 Å². The molecule has 0 bridgehead atoms. The molecule has 5 heteroatoms. The molecule has 0 aliphatic carbocycles. The Hall–Kier alpha value is -1.07. The second-order valence-corrected chi connectivity index (χ2v) is 7.88. The summed E-state index contributed by atoms with van der Waals surface area (Å²) in [6, 6.07) is 5.15. The summed E-state index contributed by atoms with van der Waals surface area (Å²) in [6.45, 7) is 7.32. The van der Waals surface area contributed by atoms with Crippen LogP contribution in [0.15, 0.2) is 23.1 Å². The van der Waals surface area contributed by atoms with Crippen molar-refractivity contribution in [2.24, 2.45) is 5.41 Å². The normalized spacial score (nSPS) is 19.7. The molecule has 2 rings (SSSR count). The van der Waals surface area contributed by atoms with Crippen LogP contribution in [0.2, 0.25) is 0 Å². The van der Waals surface area contributed by atoms with E-state index in [0.717, 1.165) is 12.0 Å². The molecule has 1 aliphatic rings. The van der Waals surface area contributed by atoms with Crippen molar-refractivity contribution in [3.05, 3.63) is 23.8 Å². The van der Waals surface area contributed by atoms with E-state index in [0.29, 0.717) is 30.1 Å². The van der Waals surface area contributed by atoms with Crippen molar-refractivity contribution in [1.82, 2.24) is 4.31 Å². The Bertz CT molecular complexity index is 579. The highest BCUT2D eigenvalue weighted by atomic mass is 32.2. The van der Waals surface area contributed by atoms with Crippen LogP contribution in [0.1, 0.15) is 32.8 Å². The first-order chi connectivity index (χ1) is 8.76. The number of sulfonamides is 1. The number of benzene rings is 1. The predicted molar refractivity (Wildman–Crippen MR) is 77.4 cm³/mol. The van der Waals surface area contributed by atoms with Gasteiger partial charge in [0.15, 0.2) is 0 Å². The number of aryl methyl sites for hydroxylation is 1. The molecule has 0 unspecified atom stereocenters. The number of hydrogen-bond donors (Lipinski definition) is 1. The third-order valence-electron chi connectivity index (χ3n) is 3.73. The van der Waals surface area contributed by atoms with E-state index < -0.39 is 10.0 Å². The molecule has 1 aliphatic heterocycles. The lowest BCUT2D eigenvalue weighted by molar-refractivity contribution is 0.375. The van der Waals surface area contributed by atoms with E-state index in [1.165, 1.54) is 0 Å². The van der Waals surface area contributed by atoms with Crippen molar-refractivity contribution < 1.29 is 8.42 Å². The smallest absolute Gasteiger partial charge is 0.243 e. The molecule has 1 aromatic carbocycles. The molecule has 0 atom stereocenters. The summed E-state index contributed by atoms with van der Waals surface area (Å²) in [4.78, 5) is 0.368. The maximum Gasteiger partial charge on any atom is 0.243 e. The van der Waals surface area contributed by atoms with Gasteiger partial charge >= 0.3 is 0 Å². The lowest BCUT2D eigenvalue weighted by atomic mass is 9.93. The van der Waals surface area contributed by atoms with E-state index in [1.54, 1.807) is 16.4 Å². The van der Waals surface area contributed by atoms with Gasteiger partial charge in [-0.15, -0.1) is 0 Å². The fraction of sp³-hybridized carbons (Fsp3) is 0.571. The molecule has 0 spiro atoms. The van der Waals surface area contributed by atoms with Crippen molar-refractivity contribution in [3.63, 3.8) is 0 Å². The average Bonchev–Trinajstić information content (AvgIpc) is 2.70. The molecule has 2 N–H and O–H groups in total. The van der Waals surface area contributed by atoms with E-state index in [2.05, 4.69) is 13.8 Å². The van der Waals surface area contributed by atoms with Gasteiger partial charge < -0.3 is 5.73 Å². The molecule has 1 saturated heterocycles. The van der Waals surface area contributed by atoms with E-state index in [9.17, 15) is 8.42 Å². The molecule has 106 valence electrons. The summed E-state index contributed by atoms with van der Waals surface area (Å²) in [5.74, 6) is 0. The molecule has 0 aromatic heterocycles. The van der Waals surface area contributed by atoms with Crippen molar-refractivity contribution in [3.8, 4) is 0 Å². The highest BCUT2D eigenvalue weighted by Crippen LogP contribution is 2.34. The number of hydrogen-bond acceptors (Lipinski definition) is 3. The van der Waals surface area contributed by atoms with Crippen LogP contribution in [0.5, 0.6) is 0 Å². The van der Waals surface area contributed by atoms with Gasteiger partial charge in [0.25, 0.3) is 0 Å². The highest BCUT2D eigenvalue weighted by Gasteiger charge is 2.37. The first-order valence-corrected chi connectivity index (χ1v) is 8.09. The number of nitrogens with two attached hydrogens (primary N) is 1. The van der Waals surface area contributed by atoms with E-state index in [4.69, 9.17) is 5.73 Å². The fourth-order valence-electron chi connectivity index (χ4n) is 2.51. The molecular weight excluding hydrogens is 260 g/mol. The van der Waals surface area contributed by atoms with Crippen LogP contribution in [0, 0.1) is 5.41 Å². The number of nitrogen functional groups attached to an aromatic ring is 1. The zero-order valence-electron chi connectivity index (χ0n) is 11.8. The molecule has 0 radical (unpaired) electrons. The highest BCUT2D eigenvalue weighted by molar-refractivity contribution is 7.89. The topological polar surface area (TPSA) is 63.4 Å². The Morgan fingerprint density at radius 1 is 1.37 bits per heavy atom. The molecule has 0 saturated carbocycles. The van der Waals surface area contributed by atoms with Crippen LogP contribution in [0.3, 0.4) is 0 Å². The average molecular weight is 282 g/mol. The minimum atomic E-state index is -3.42. The Morgan fingerprint density at radius 3 is 2.58 bits per heavy atom. The summed E-state index contributed by atoms with van der Waals surface area (Å²) >= 11 is 0. The first-order valence-electron chi connectivity index (χ1n) is 6.65. The quantitative estimate of drug-likeness (QED) is 0.865. The van der Waals surface area contributed by atoms with Gasteiger partial charge in [-0.25, -0.2) is 8.42 Å². The second kappa shape index (κ2) is 4.80. The standard InChI is InChI=1S/C14H22N2O2S/c1-4-11-5-6-12(15)9-13(11)19(17,18)16-8-7-14(2,3)10-16/h5-6,9H,4,7-8,10,15H2,1-3H3. The van der Waals surface area contributed by atoms with Gasteiger partial charge in [-0.2, -0.15) is 4.31 Å². The zero-order chi connectivity index (χ0) is 14.3. The summed E-state index contributed by atoms with van der Waals surface area (Å²) in [5, 5.41) is 0. The van der Waals surface area contributed by atoms with Gasteiger partial charge in [0.05, 0.1) is 4.90 Å². The van der Waals surface area contributed by atoms with Gasteiger partial charge in [-0.05, 0) is 36.0 Å². The Morgan fingerprint density at radius 2 is 2.05 bits per heavy atom. The van der Waals surface area contributed by atoms with Gasteiger partial charge in [0.1, 0.15) is 0 Å². The molecule has 1 fully saturated rings. The number of rotatable bonds is 3. The second-order valence-electron chi connectivity index (χ2n) is 5.97. The predicted octanol–water partition coefficient (Wildman–Crippen LogP) is 2.25. The maximum absolute atomic E-state index is 12.7. The Kier molecular flexibility index (Phi) is 3.62. The first kappa shape index (κ1) is 14.3. The lowest BCUT2D eigenvalue weighted by Gasteiger charge is -2.21. The SMILES string of the molecule is CCc1ccc(N)cc1S(=O)(=O)N1CCC(C)(C)C1. The van der Waals surface area contributed by atoms with Gasteiger partial charge in [-0.1, -0.05) is 26.8 Å². The van der Waals surface area contributed by atoms with Gasteiger partial charge in [0.2, 0.25) is 10.0 Å². The van der Waals surface area contributed by atoms with E-state index in [-0.39, 0.29) is 5.41 Å². The summed E-state index contributed by atoms with van der Waals surface area (Å²) < 4.78 is 27.0. The fourth-order valence-corrected chi connectivity index (χ4v) is 4.47. The van der Waals surface area contributed by atoms with E-state index in [1.807, 2.05) is 13.0 Å². The van der Waals surface area contributed by atoms with Crippen molar-refractivity contribution in [2.75, 3.05) is 18.8 Å². The monoisotopic (exact) mass is 282 g/mol. The molecular formula is C14H22N2O2S. The summed E-state index contributed by atoms with van der Waals surface area (Å²) in [7, 11) is -3.42. The van der Waals surface area contributed by atoms with Crippen LogP contribution in [0.4, 0.5) is 5.69 Å². The largest absolute Gasteiger partial charge is 0.399 e. The molecule has 1 aromatic rings. The van der Waals surface area contributed by atoms with Crippen LogP contribution in [0.25, 0.3) is 0 Å². The van der Waals surface area contributed by atoms with Crippen molar-refractivity contribution in [1.29, 1.82) is 0 Å². The van der Waals surface area contributed by atoms with Crippen LogP contribution >= 0.6 is 0 Å². The zero-order valence-corrected chi connectivity index (χ0v) is 12.6. The summed E-state index contributed by atoms with van der Waals surface area (Å²) in [6.07, 6.45) is 1.59. The van der Waals surface area contributed by atoms with Crippen molar-refractivity contribution in [2.45, 2.75) is 38.5 Å². The third-order valence-corrected chi connectivity index (χ3v) is 5.66. The van der Waals surface area contributed by atoms with Crippen LogP contribution < -0.4 is 5.73 Å². The Balaban J connectivity index is 2.43. The molecule has 1 heterocycles. The third kappa shape index (κ3) is 2.77.